The molecule has 0 aliphatic carbocycles. The summed E-state index contributed by atoms with van der Waals surface area (Å²) in [4.78, 5) is 0. The third-order valence-corrected chi connectivity index (χ3v) is 2.83. The molecule has 0 aliphatic heterocycles. The minimum absolute atomic E-state index is 0.267. The molecule has 0 amide bonds. The van der Waals surface area contributed by atoms with Crippen LogP contribution >= 0.6 is 15.9 Å². The predicted octanol–water partition coefficient (Wildman–Crippen LogP) is 2.90. The van der Waals surface area contributed by atoms with Crippen molar-refractivity contribution in [3.05, 3.63) is 46.4 Å². The van der Waals surface area contributed by atoms with Gasteiger partial charge in [-0.3, -0.25) is 4.68 Å². The maximum Gasteiger partial charge on any atom is 0.157 e. The van der Waals surface area contributed by atoms with E-state index in [0.717, 1.165) is 5.56 Å². The third kappa shape index (κ3) is 2.61. The second kappa shape index (κ2) is 4.65. The number of hydrogen-bond donors (Lipinski definition) is 0. The van der Waals surface area contributed by atoms with Crippen molar-refractivity contribution in [2.45, 2.75) is 6.61 Å². The van der Waals surface area contributed by atoms with Crippen molar-refractivity contribution >= 4 is 15.9 Å². The average molecular weight is 285 g/mol. The molecule has 0 spiro atoms. The monoisotopic (exact) mass is 284 g/mol. The highest BCUT2D eigenvalue weighted by Gasteiger charge is 2.03. The van der Waals surface area contributed by atoms with E-state index in [0.29, 0.717) is 16.8 Å². The van der Waals surface area contributed by atoms with Gasteiger partial charge in [-0.15, -0.1) is 0 Å². The van der Waals surface area contributed by atoms with E-state index >= 15 is 0 Å². The van der Waals surface area contributed by atoms with Crippen LogP contribution in [0.5, 0.6) is 5.75 Å². The molecule has 5 heteroatoms. The predicted molar refractivity (Wildman–Crippen MR) is 61.6 cm³/mol. The number of ether oxygens (including phenoxy) is 1. The zero-order valence-corrected chi connectivity index (χ0v) is 10.2. The van der Waals surface area contributed by atoms with Gasteiger partial charge in [-0.25, -0.2) is 4.39 Å². The Hall–Kier alpha value is -1.36. The van der Waals surface area contributed by atoms with Crippen molar-refractivity contribution in [3.63, 3.8) is 0 Å². The van der Waals surface area contributed by atoms with E-state index in [1.165, 1.54) is 12.1 Å². The first-order valence-corrected chi connectivity index (χ1v) is 5.50. The molecule has 0 aliphatic rings. The normalized spacial score (nSPS) is 10.4. The van der Waals surface area contributed by atoms with Gasteiger partial charge in [0.2, 0.25) is 0 Å². The fraction of sp³-hybridized carbons (Fsp3) is 0.182. The Morgan fingerprint density at radius 3 is 2.94 bits per heavy atom. The molecule has 0 fully saturated rings. The summed E-state index contributed by atoms with van der Waals surface area (Å²) >= 11 is 3.29. The van der Waals surface area contributed by atoms with Crippen molar-refractivity contribution in [3.8, 4) is 5.75 Å². The van der Waals surface area contributed by atoms with Crippen LogP contribution in [-0.2, 0) is 13.7 Å². The number of rotatable bonds is 3. The van der Waals surface area contributed by atoms with Crippen LogP contribution in [0.25, 0.3) is 0 Å². The molecule has 0 saturated carbocycles. The molecule has 0 atom stereocenters. The van der Waals surface area contributed by atoms with Gasteiger partial charge in [0.1, 0.15) is 12.4 Å². The molecule has 16 heavy (non-hydrogen) atoms. The molecular formula is C11H10BrFN2O. The summed E-state index contributed by atoms with van der Waals surface area (Å²) in [5, 5.41) is 3.99. The van der Waals surface area contributed by atoms with Crippen LogP contribution in [-0.4, -0.2) is 9.78 Å². The van der Waals surface area contributed by atoms with Gasteiger partial charge in [0.25, 0.3) is 0 Å². The minimum atomic E-state index is -0.267. The van der Waals surface area contributed by atoms with Crippen molar-refractivity contribution in [1.82, 2.24) is 9.78 Å². The summed E-state index contributed by atoms with van der Waals surface area (Å²) in [6.45, 7) is 0.382. The Labute approximate surface area is 101 Å². The lowest BCUT2D eigenvalue weighted by atomic mass is 10.2. The standard InChI is InChI=1S/C11H10BrFN2O/c1-15-6-10(5-14-15)16-7-8-2-3-9(13)4-11(8)12/h2-6H,7H2,1H3. The Kier molecular flexibility index (Phi) is 3.24. The van der Waals surface area contributed by atoms with E-state index < -0.39 is 0 Å². The number of aryl methyl sites for hydroxylation is 1. The Bertz CT molecular complexity index is 498. The van der Waals surface area contributed by atoms with Gasteiger partial charge < -0.3 is 4.74 Å². The van der Waals surface area contributed by atoms with Crippen LogP contribution in [0.3, 0.4) is 0 Å². The fourth-order valence-corrected chi connectivity index (χ4v) is 1.74. The number of aromatic nitrogens is 2. The van der Waals surface area contributed by atoms with Crippen molar-refractivity contribution < 1.29 is 9.13 Å². The average Bonchev–Trinajstić information content (AvgIpc) is 2.63. The number of benzene rings is 1. The lowest BCUT2D eigenvalue weighted by Crippen LogP contribution is -1.96. The van der Waals surface area contributed by atoms with Crippen molar-refractivity contribution in [2.75, 3.05) is 0 Å². The van der Waals surface area contributed by atoms with Gasteiger partial charge in [-0.2, -0.15) is 5.10 Å². The second-order valence-electron chi connectivity index (χ2n) is 3.37. The number of nitrogens with zero attached hydrogens (tertiary/aromatic N) is 2. The van der Waals surface area contributed by atoms with Gasteiger partial charge in [-0.05, 0) is 12.1 Å². The fourth-order valence-electron chi connectivity index (χ4n) is 1.27. The molecule has 2 aromatic rings. The molecule has 1 heterocycles. The van der Waals surface area contributed by atoms with E-state index in [9.17, 15) is 4.39 Å². The van der Waals surface area contributed by atoms with Gasteiger partial charge in [0, 0.05) is 17.1 Å². The summed E-state index contributed by atoms with van der Waals surface area (Å²) < 4.78 is 20.7. The van der Waals surface area contributed by atoms with Gasteiger partial charge in [0.15, 0.2) is 5.75 Å². The van der Waals surface area contributed by atoms with Crippen LogP contribution in [0.4, 0.5) is 4.39 Å². The molecule has 0 saturated heterocycles. The van der Waals surface area contributed by atoms with Crippen LogP contribution in [0, 0.1) is 5.82 Å². The summed E-state index contributed by atoms with van der Waals surface area (Å²) in [5.41, 5.74) is 0.894. The van der Waals surface area contributed by atoms with E-state index in [1.807, 2.05) is 7.05 Å². The first kappa shape index (κ1) is 11.1. The molecule has 84 valence electrons. The molecule has 0 radical (unpaired) electrons. The second-order valence-corrected chi connectivity index (χ2v) is 4.23. The van der Waals surface area contributed by atoms with E-state index in [-0.39, 0.29) is 5.82 Å². The highest BCUT2D eigenvalue weighted by Crippen LogP contribution is 2.20. The summed E-state index contributed by atoms with van der Waals surface area (Å²) in [7, 11) is 1.82. The van der Waals surface area contributed by atoms with Crippen LogP contribution in [0.15, 0.2) is 35.1 Å². The van der Waals surface area contributed by atoms with Crippen molar-refractivity contribution in [1.29, 1.82) is 0 Å². The molecule has 1 aromatic heterocycles. The highest BCUT2D eigenvalue weighted by atomic mass is 79.9. The molecule has 1 aromatic carbocycles. The lowest BCUT2D eigenvalue weighted by molar-refractivity contribution is 0.305. The molecule has 0 unspecified atom stereocenters. The summed E-state index contributed by atoms with van der Waals surface area (Å²) in [6.07, 6.45) is 3.41. The van der Waals surface area contributed by atoms with Gasteiger partial charge in [0.05, 0.1) is 12.4 Å². The van der Waals surface area contributed by atoms with Crippen LogP contribution in [0.1, 0.15) is 5.56 Å². The van der Waals surface area contributed by atoms with E-state index in [4.69, 9.17) is 4.74 Å². The largest absolute Gasteiger partial charge is 0.486 e. The molecule has 3 nitrogen and oxygen atoms in total. The maximum absolute atomic E-state index is 12.8. The zero-order valence-electron chi connectivity index (χ0n) is 8.65. The first-order valence-electron chi connectivity index (χ1n) is 4.70. The lowest BCUT2D eigenvalue weighted by Gasteiger charge is -2.05. The third-order valence-electron chi connectivity index (χ3n) is 2.09. The van der Waals surface area contributed by atoms with E-state index in [1.54, 1.807) is 23.1 Å². The van der Waals surface area contributed by atoms with Crippen molar-refractivity contribution in [2.24, 2.45) is 7.05 Å². The number of halogens is 2. The molecule has 0 N–H and O–H groups in total. The Morgan fingerprint density at radius 2 is 2.31 bits per heavy atom. The van der Waals surface area contributed by atoms with Crippen LogP contribution in [0.2, 0.25) is 0 Å². The van der Waals surface area contributed by atoms with E-state index in [2.05, 4.69) is 21.0 Å². The van der Waals surface area contributed by atoms with Crippen LogP contribution < -0.4 is 4.74 Å². The van der Waals surface area contributed by atoms with Gasteiger partial charge in [-0.1, -0.05) is 22.0 Å². The van der Waals surface area contributed by atoms with Gasteiger partial charge >= 0.3 is 0 Å². The SMILES string of the molecule is Cn1cc(OCc2ccc(F)cc2Br)cn1. The molecule has 0 bridgehead atoms. The Morgan fingerprint density at radius 1 is 1.50 bits per heavy atom. The zero-order chi connectivity index (χ0) is 11.5. The topological polar surface area (TPSA) is 27.1 Å². The molecular weight excluding hydrogens is 275 g/mol. The number of hydrogen-bond acceptors (Lipinski definition) is 2. The Balaban J connectivity index is 2.04. The quantitative estimate of drug-likeness (QED) is 0.867. The highest BCUT2D eigenvalue weighted by molar-refractivity contribution is 9.10. The minimum Gasteiger partial charge on any atom is -0.486 e. The summed E-state index contributed by atoms with van der Waals surface area (Å²) in [5.74, 6) is 0.427. The first-order chi connectivity index (χ1) is 7.65. The maximum atomic E-state index is 12.8. The smallest absolute Gasteiger partial charge is 0.157 e. The summed E-state index contributed by atoms with van der Waals surface area (Å²) in [6, 6.07) is 4.52. The molecule has 2 rings (SSSR count).